The van der Waals surface area contributed by atoms with E-state index in [4.69, 9.17) is 9.84 Å². The highest BCUT2D eigenvalue weighted by molar-refractivity contribution is 6.08. The first kappa shape index (κ1) is 15.1. The molecule has 0 saturated heterocycles. The van der Waals surface area contributed by atoms with Crippen LogP contribution < -0.4 is 4.74 Å². The maximum atomic E-state index is 12.2. The fourth-order valence-electron chi connectivity index (χ4n) is 2.21. The Balaban J connectivity index is 2.19. The number of aromatic nitrogens is 1. The van der Waals surface area contributed by atoms with E-state index in [-0.39, 0.29) is 24.7 Å². The van der Waals surface area contributed by atoms with Gasteiger partial charge in [-0.15, -0.1) is 0 Å². The van der Waals surface area contributed by atoms with Gasteiger partial charge in [-0.05, 0) is 38.5 Å². The Morgan fingerprint density at radius 2 is 2.05 bits per heavy atom. The summed E-state index contributed by atoms with van der Waals surface area (Å²) in [5.41, 5.74) is 1.46. The Bertz CT molecular complexity index is 657. The summed E-state index contributed by atoms with van der Waals surface area (Å²) >= 11 is 0. The summed E-state index contributed by atoms with van der Waals surface area (Å²) in [6, 6.07) is 5.58. The molecule has 5 heteroatoms. The van der Waals surface area contributed by atoms with Gasteiger partial charge in [0.1, 0.15) is 5.75 Å². The molecule has 0 amide bonds. The Morgan fingerprint density at radius 1 is 1.29 bits per heavy atom. The fraction of sp³-hybridized carbons (Fsp3) is 0.375. The van der Waals surface area contributed by atoms with Crippen LogP contribution in [0.5, 0.6) is 5.75 Å². The smallest absolute Gasteiger partial charge is 0.303 e. The number of carboxylic acids is 1. The SMILES string of the molecule is CC(C)Oc1ccc2[nH]cc(C(=O)CCCC(=O)O)c2c1. The quantitative estimate of drug-likeness (QED) is 0.766. The molecule has 1 aromatic carbocycles. The maximum Gasteiger partial charge on any atom is 0.303 e. The van der Waals surface area contributed by atoms with Crippen molar-refractivity contribution in [3.63, 3.8) is 0 Å². The van der Waals surface area contributed by atoms with Crippen LogP contribution in [0, 0.1) is 0 Å². The van der Waals surface area contributed by atoms with Gasteiger partial charge in [0.05, 0.1) is 6.10 Å². The monoisotopic (exact) mass is 289 g/mol. The Labute approximate surface area is 122 Å². The number of ether oxygens (including phenoxy) is 1. The average Bonchev–Trinajstić information content (AvgIpc) is 2.80. The topological polar surface area (TPSA) is 79.4 Å². The minimum absolute atomic E-state index is 0.00973. The van der Waals surface area contributed by atoms with Gasteiger partial charge < -0.3 is 14.8 Å². The van der Waals surface area contributed by atoms with E-state index >= 15 is 0 Å². The number of hydrogen-bond donors (Lipinski definition) is 2. The number of fused-ring (bicyclic) bond motifs is 1. The molecule has 5 nitrogen and oxygen atoms in total. The number of rotatable bonds is 7. The molecule has 2 rings (SSSR count). The summed E-state index contributed by atoms with van der Waals surface area (Å²) in [6.07, 6.45) is 2.33. The summed E-state index contributed by atoms with van der Waals surface area (Å²) in [7, 11) is 0. The zero-order valence-electron chi connectivity index (χ0n) is 12.2. The van der Waals surface area contributed by atoms with Gasteiger partial charge in [-0.3, -0.25) is 9.59 Å². The van der Waals surface area contributed by atoms with Gasteiger partial charge >= 0.3 is 5.97 Å². The lowest BCUT2D eigenvalue weighted by molar-refractivity contribution is -0.137. The standard InChI is InChI=1S/C16H19NO4/c1-10(2)21-11-6-7-14-12(8-11)13(9-17-14)15(18)4-3-5-16(19)20/h6-10,17H,3-5H2,1-2H3,(H,19,20). The third-order valence-corrected chi connectivity index (χ3v) is 3.12. The Morgan fingerprint density at radius 3 is 2.71 bits per heavy atom. The minimum atomic E-state index is -0.880. The molecule has 0 spiro atoms. The first-order valence-corrected chi connectivity index (χ1v) is 7.00. The number of carboxylic acid groups (broad SMARTS) is 1. The van der Waals surface area contributed by atoms with Crippen molar-refractivity contribution in [1.29, 1.82) is 0 Å². The maximum absolute atomic E-state index is 12.2. The molecule has 21 heavy (non-hydrogen) atoms. The molecule has 2 N–H and O–H groups in total. The van der Waals surface area contributed by atoms with Crippen molar-refractivity contribution in [3.8, 4) is 5.75 Å². The number of aromatic amines is 1. The van der Waals surface area contributed by atoms with Crippen molar-refractivity contribution in [2.24, 2.45) is 0 Å². The highest BCUT2D eigenvalue weighted by atomic mass is 16.5. The highest BCUT2D eigenvalue weighted by Crippen LogP contribution is 2.25. The number of hydrogen-bond acceptors (Lipinski definition) is 3. The number of aliphatic carboxylic acids is 1. The van der Waals surface area contributed by atoms with Gasteiger partial charge in [-0.2, -0.15) is 0 Å². The van der Waals surface area contributed by atoms with Gasteiger partial charge in [0.2, 0.25) is 0 Å². The molecule has 0 aliphatic heterocycles. The third kappa shape index (κ3) is 3.84. The fourth-order valence-corrected chi connectivity index (χ4v) is 2.21. The number of benzene rings is 1. The molecule has 0 unspecified atom stereocenters. The molecule has 0 saturated carbocycles. The Hall–Kier alpha value is -2.30. The molecule has 112 valence electrons. The third-order valence-electron chi connectivity index (χ3n) is 3.12. The van der Waals surface area contributed by atoms with Crippen molar-refractivity contribution in [2.75, 3.05) is 0 Å². The molecule has 0 fully saturated rings. The molecule has 0 atom stereocenters. The lowest BCUT2D eigenvalue weighted by Crippen LogP contribution is -2.05. The molecule has 2 aromatic rings. The van der Waals surface area contributed by atoms with E-state index in [1.54, 1.807) is 6.20 Å². The predicted octanol–water partition coefficient (Wildman–Crippen LogP) is 3.39. The van der Waals surface area contributed by atoms with Crippen molar-refractivity contribution in [1.82, 2.24) is 4.98 Å². The first-order chi connectivity index (χ1) is 9.97. The minimum Gasteiger partial charge on any atom is -0.491 e. The molecular weight excluding hydrogens is 270 g/mol. The number of carbonyl (C=O) groups excluding carboxylic acids is 1. The van der Waals surface area contributed by atoms with Crippen LogP contribution in [0.2, 0.25) is 0 Å². The lowest BCUT2D eigenvalue weighted by Gasteiger charge is -2.09. The number of nitrogens with one attached hydrogen (secondary N) is 1. The zero-order chi connectivity index (χ0) is 15.4. The van der Waals surface area contributed by atoms with Gasteiger partial charge in [-0.1, -0.05) is 0 Å². The molecule has 0 radical (unpaired) electrons. The number of carbonyl (C=O) groups is 2. The first-order valence-electron chi connectivity index (χ1n) is 7.00. The van der Waals surface area contributed by atoms with Crippen LogP contribution >= 0.6 is 0 Å². The van der Waals surface area contributed by atoms with Crippen LogP contribution in [0.3, 0.4) is 0 Å². The van der Waals surface area contributed by atoms with Crippen molar-refractivity contribution >= 4 is 22.7 Å². The van der Waals surface area contributed by atoms with E-state index in [2.05, 4.69) is 4.98 Å². The molecule has 1 heterocycles. The van der Waals surface area contributed by atoms with E-state index in [0.29, 0.717) is 12.0 Å². The van der Waals surface area contributed by atoms with Crippen molar-refractivity contribution in [3.05, 3.63) is 30.0 Å². The summed E-state index contributed by atoms with van der Waals surface area (Å²) in [5.74, 6) is -0.213. The highest BCUT2D eigenvalue weighted by Gasteiger charge is 2.13. The van der Waals surface area contributed by atoms with Gasteiger partial charge in [-0.25, -0.2) is 0 Å². The van der Waals surface area contributed by atoms with Crippen LogP contribution in [0.25, 0.3) is 10.9 Å². The second-order valence-corrected chi connectivity index (χ2v) is 5.25. The number of ketones is 1. The summed E-state index contributed by atoms with van der Waals surface area (Å²) in [4.78, 5) is 25.7. The van der Waals surface area contributed by atoms with Gasteiger partial charge in [0.15, 0.2) is 5.78 Å². The lowest BCUT2D eigenvalue weighted by atomic mass is 10.0. The number of Topliss-reactive ketones (excluding diaryl/α,β-unsaturated/α-hetero) is 1. The molecule has 0 aliphatic carbocycles. The second-order valence-electron chi connectivity index (χ2n) is 5.25. The molecule has 1 aromatic heterocycles. The summed E-state index contributed by atoms with van der Waals surface area (Å²) in [6.45, 7) is 3.89. The van der Waals surface area contributed by atoms with Gasteiger partial charge in [0, 0.05) is 35.5 Å². The van der Waals surface area contributed by atoms with E-state index in [9.17, 15) is 9.59 Å². The average molecular weight is 289 g/mol. The van der Waals surface area contributed by atoms with E-state index in [0.717, 1.165) is 16.7 Å². The summed E-state index contributed by atoms with van der Waals surface area (Å²) in [5, 5.41) is 9.43. The van der Waals surface area contributed by atoms with Crippen LogP contribution in [0.15, 0.2) is 24.4 Å². The largest absolute Gasteiger partial charge is 0.491 e. The molecule has 0 aliphatic rings. The van der Waals surface area contributed by atoms with Crippen LogP contribution in [-0.4, -0.2) is 27.9 Å². The van der Waals surface area contributed by atoms with Crippen LogP contribution in [0.4, 0.5) is 0 Å². The van der Waals surface area contributed by atoms with Crippen LogP contribution in [-0.2, 0) is 4.79 Å². The molecule has 0 bridgehead atoms. The normalized spacial score (nSPS) is 11.0. The molecular formula is C16H19NO4. The van der Waals surface area contributed by atoms with E-state index in [1.165, 1.54) is 0 Å². The predicted molar refractivity (Wildman–Crippen MR) is 79.9 cm³/mol. The van der Waals surface area contributed by atoms with E-state index in [1.807, 2.05) is 32.0 Å². The second kappa shape index (κ2) is 6.43. The van der Waals surface area contributed by atoms with Gasteiger partial charge in [0.25, 0.3) is 0 Å². The summed E-state index contributed by atoms with van der Waals surface area (Å²) < 4.78 is 5.64. The van der Waals surface area contributed by atoms with Crippen LogP contribution in [0.1, 0.15) is 43.5 Å². The van der Waals surface area contributed by atoms with Crippen molar-refractivity contribution < 1.29 is 19.4 Å². The zero-order valence-corrected chi connectivity index (χ0v) is 12.2. The van der Waals surface area contributed by atoms with Crippen molar-refractivity contribution in [2.45, 2.75) is 39.2 Å². The Kier molecular flexibility index (Phi) is 4.62. The number of H-pyrrole nitrogens is 1. The van der Waals surface area contributed by atoms with E-state index < -0.39 is 5.97 Å².